The van der Waals surface area contributed by atoms with E-state index in [1.54, 1.807) is 12.1 Å². The third kappa shape index (κ3) is 12.9. The van der Waals surface area contributed by atoms with Crippen LogP contribution in [0.4, 0.5) is 10.5 Å². The van der Waals surface area contributed by atoms with Crippen molar-refractivity contribution in [1.82, 2.24) is 0 Å². The van der Waals surface area contributed by atoms with Crippen molar-refractivity contribution in [3.63, 3.8) is 0 Å². The Hall–Kier alpha value is -4.77. The molecule has 0 aliphatic carbocycles. The second-order valence-electron chi connectivity index (χ2n) is 15.9. The average Bonchev–Trinajstić information content (AvgIpc) is 3.92. The first kappa shape index (κ1) is 43.0. The van der Waals surface area contributed by atoms with Crippen molar-refractivity contribution in [2.24, 2.45) is 29.1 Å². The Morgan fingerprint density at radius 1 is 1.05 bits per heavy atom. The first-order chi connectivity index (χ1) is 26.1. The molecule has 2 aromatic rings. The zero-order valence-corrected chi connectivity index (χ0v) is 33.3. The highest BCUT2D eigenvalue weighted by Crippen LogP contribution is 2.38. The van der Waals surface area contributed by atoms with Gasteiger partial charge in [0.15, 0.2) is 0 Å². The number of allylic oxidation sites excluding steroid dienone is 3. The van der Waals surface area contributed by atoms with E-state index in [1.165, 1.54) is 24.3 Å². The van der Waals surface area contributed by atoms with Gasteiger partial charge in [-0.15, -0.1) is 0 Å². The van der Waals surface area contributed by atoms with Gasteiger partial charge in [0.2, 0.25) is 0 Å². The normalized spacial score (nSPS) is 26.6. The van der Waals surface area contributed by atoms with E-state index in [1.807, 2.05) is 84.0 Å². The third-order valence-electron chi connectivity index (χ3n) is 10.6. The largest absolute Gasteiger partial charge is 0.514 e. The van der Waals surface area contributed by atoms with Gasteiger partial charge < -0.3 is 23.7 Å². The molecule has 2 aromatic carbocycles. The van der Waals surface area contributed by atoms with Gasteiger partial charge in [-0.1, -0.05) is 91.0 Å². The fourth-order valence-electron chi connectivity index (χ4n) is 6.95. The molecule has 2 heterocycles. The van der Waals surface area contributed by atoms with E-state index in [4.69, 9.17) is 23.7 Å². The summed E-state index contributed by atoms with van der Waals surface area (Å²) in [5, 5.41) is 11.0. The summed E-state index contributed by atoms with van der Waals surface area (Å²) in [5.74, 6) is -0.381. The van der Waals surface area contributed by atoms with E-state index in [0.29, 0.717) is 24.8 Å². The summed E-state index contributed by atoms with van der Waals surface area (Å²) in [6.07, 6.45) is 10.7. The van der Waals surface area contributed by atoms with E-state index in [9.17, 15) is 24.5 Å². The van der Waals surface area contributed by atoms with Crippen LogP contribution in [-0.2, 0) is 23.7 Å². The molecule has 0 amide bonds. The van der Waals surface area contributed by atoms with Crippen LogP contribution >= 0.6 is 0 Å². The lowest BCUT2D eigenvalue weighted by Gasteiger charge is -2.33. The predicted molar refractivity (Wildman–Crippen MR) is 209 cm³/mol. The maximum Gasteiger partial charge on any atom is 0.514 e. The maximum absolute atomic E-state index is 13.1. The highest BCUT2D eigenvalue weighted by Gasteiger charge is 2.46. The number of hydrogen-bond donors (Lipinski definition) is 0. The molecule has 0 radical (unpaired) electrons. The minimum absolute atomic E-state index is 0.0225. The predicted octanol–water partition coefficient (Wildman–Crippen LogP) is 10.00. The number of epoxide rings is 1. The molecule has 2 aliphatic rings. The summed E-state index contributed by atoms with van der Waals surface area (Å²) >= 11 is 0. The van der Waals surface area contributed by atoms with Crippen molar-refractivity contribution < 1.29 is 43.0 Å². The summed E-state index contributed by atoms with van der Waals surface area (Å²) in [5.41, 5.74) is 0.800. The van der Waals surface area contributed by atoms with Gasteiger partial charge in [0.25, 0.3) is 5.69 Å². The summed E-state index contributed by atoms with van der Waals surface area (Å²) < 4.78 is 29.2. The second kappa shape index (κ2) is 19.7. The van der Waals surface area contributed by atoms with Crippen molar-refractivity contribution in [2.75, 3.05) is 0 Å². The Bertz CT molecular complexity index is 1700. The van der Waals surface area contributed by atoms with Crippen LogP contribution in [-0.4, -0.2) is 53.5 Å². The number of cyclic esters (lactones) is 1. The molecule has 11 nitrogen and oxygen atoms in total. The summed E-state index contributed by atoms with van der Waals surface area (Å²) in [7, 11) is 0. The minimum atomic E-state index is -0.920. The van der Waals surface area contributed by atoms with Gasteiger partial charge in [-0.2, -0.15) is 0 Å². The molecular weight excluding hydrogens is 702 g/mol. The number of non-ortho nitro benzene ring substituents is 1. The lowest BCUT2D eigenvalue weighted by atomic mass is 9.78. The average molecular weight is 760 g/mol. The number of rotatable bonds is 13. The number of esters is 2. The summed E-state index contributed by atoms with van der Waals surface area (Å²) in [4.78, 5) is 49.2. The van der Waals surface area contributed by atoms with E-state index >= 15 is 0 Å². The van der Waals surface area contributed by atoms with Gasteiger partial charge in [0.1, 0.15) is 24.1 Å². The molecule has 9 unspecified atom stereocenters. The zero-order valence-electron chi connectivity index (χ0n) is 33.3. The number of nitro benzene ring substituents is 1. The first-order valence-corrected chi connectivity index (χ1v) is 19.3. The molecule has 0 aromatic heterocycles. The van der Waals surface area contributed by atoms with E-state index < -0.39 is 28.7 Å². The number of nitrogens with zero attached hydrogens (tertiary/aromatic N) is 1. The van der Waals surface area contributed by atoms with E-state index in [2.05, 4.69) is 19.9 Å². The zero-order chi connectivity index (χ0) is 40.3. The molecule has 0 spiro atoms. The van der Waals surface area contributed by atoms with Gasteiger partial charge in [-0.05, 0) is 80.4 Å². The molecule has 1 fully saturated rings. The van der Waals surface area contributed by atoms with Crippen LogP contribution in [0.15, 0.2) is 90.6 Å². The fraction of sp³-hybridized carbons (Fsp3) is 0.523. The van der Waals surface area contributed by atoms with E-state index in [-0.39, 0.29) is 71.8 Å². The monoisotopic (exact) mass is 759 g/mol. The van der Waals surface area contributed by atoms with Crippen LogP contribution in [0.25, 0.3) is 0 Å². The van der Waals surface area contributed by atoms with E-state index in [0.717, 1.165) is 12.0 Å². The van der Waals surface area contributed by atoms with Crippen molar-refractivity contribution in [1.29, 1.82) is 0 Å². The molecule has 9 atom stereocenters. The summed E-state index contributed by atoms with van der Waals surface area (Å²) in [6, 6.07) is 14.2. The quantitative estimate of drug-likeness (QED) is 0.0283. The number of hydrogen-bond acceptors (Lipinski definition) is 10. The van der Waals surface area contributed by atoms with Gasteiger partial charge in [-0.3, -0.25) is 14.9 Å². The van der Waals surface area contributed by atoms with Gasteiger partial charge in [0.05, 0.1) is 22.7 Å². The molecule has 4 rings (SSSR count). The highest BCUT2D eigenvalue weighted by molar-refractivity contribution is 5.89. The standard InChI is InChI=1S/C44H57NO10/c1-9-36(53-42(47)33-16-11-10-12-17-33)32(6)41-37(52-41)26-28(2)14-13-15-30(4)40-31(5)18-23-38(44(7,8)25-24-29(3)27-39(46)55-40)54-43(48)51-35-21-19-34(20-22-35)45(49)50/h10-23,28-29,31-32,36-38,40-41H,9,24-27H2,1-8H3/b14-13+,23-18+,30-15+. The molecule has 2 aliphatic heterocycles. The Morgan fingerprint density at radius 2 is 1.75 bits per heavy atom. The molecule has 298 valence electrons. The molecule has 0 saturated carbocycles. The van der Waals surface area contributed by atoms with Crippen molar-refractivity contribution in [3.05, 3.63) is 106 Å². The number of nitro groups is 1. The molecule has 0 bridgehead atoms. The lowest BCUT2D eigenvalue weighted by molar-refractivity contribution is -0.384. The van der Waals surface area contributed by atoms with Gasteiger partial charge in [0, 0.05) is 35.8 Å². The van der Waals surface area contributed by atoms with Crippen LogP contribution in [0.3, 0.4) is 0 Å². The fourth-order valence-corrected chi connectivity index (χ4v) is 6.95. The lowest BCUT2D eigenvalue weighted by Crippen LogP contribution is -2.35. The van der Waals surface area contributed by atoms with Gasteiger partial charge >= 0.3 is 18.1 Å². The Morgan fingerprint density at radius 3 is 2.40 bits per heavy atom. The van der Waals surface area contributed by atoms with Crippen LogP contribution in [0.5, 0.6) is 5.75 Å². The van der Waals surface area contributed by atoms with Crippen LogP contribution in [0.2, 0.25) is 0 Å². The van der Waals surface area contributed by atoms with Crippen LogP contribution in [0, 0.1) is 39.2 Å². The van der Waals surface area contributed by atoms with Crippen LogP contribution < -0.4 is 4.74 Å². The Kier molecular flexibility index (Phi) is 15.4. The maximum atomic E-state index is 13.1. The Balaban J connectivity index is 1.39. The topological polar surface area (TPSA) is 144 Å². The number of carbonyl (C=O) groups is 3. The minimum Gasteiger partial charge on any atom is -0.458 e. The SMILES string of the molecule is CCC(OC(=O)c1ccccc1)C(C)C1OC1CC(C)/C=C/C=C(\C)C1OC(=O)CC(C)CCC(C)(C)C(OC(=O)Oc2ccc([N+](=O)[O-])cc2)/C=C/C1C. The molecule has 1 saturated heterocycles. The molecule has 11 heteroatoms. The third-order valence-corrected chi connectivity index (χ3v) is 10.6. The molecule has 0 N–H and O–H groups in total. The Labute approximate surface area is 325 Å². The van der Waals surface area contributed by atoms with Gasteiger partial charge in [-0.25, -0.2) is 9.59 Å². The van der Waals surface area contributed by atoms with Crippen molar-refractivity contribution in [3.8, 4) is 5.75 Å². The molecular formula is C44H57NO10. The number of benzene rings is 2. The smallest absolute Gasteiger partial charge is 0.458 e. The molecule has 55 heavy (non-hydrogen) atoms. The van der Waals surface area contributed by atoms with Crippen molar-refractivity contribution >= 4 is 23.8 Å². The number of carbonyl (C=O) groups excluding carboxylic acids is 3. The number of ether oxygens (including phenoxy) is 5. The van der Waals surface area contributed by atoms with Crippen LogP contribution in [0.1, 0.15) is 97.9 Å². The summed E-state index contributed by atoms with van der Waals surface area (Å²) in [6.45, 7) is 16.2. The first-order valence-electron chi connectivity index (χ1n) is 19.3. The van der Waals surface area contributed by atoms with Crippen molar-refractivity contribution in [2.45, 2.75) is 118 Å². The highest BCUT2D eigenvalue weighted by atomic mass is 16.7. The second-order valence-corrected chi connectivity index (χ2v) is 15.9.